The summed E-state index contributed by atoms with van der Waals surface area (Å²) in [6, 6.07) is 10.4. The summed E-state index contributed by atoms with van der Waals surface area (Å²) in [5.41, 5.74) is 3.73. The number of nitrogens with zero attached hydrogens (tertiary/aromatic N) is 2. The Morgan fingerprint density at radius 2 is 1.90 bits per heavy atom. The van der Waals surface area contributed by atoms with Crippen molar-refractivity contribution in [1.82, 2.24) is 10.2 Å². The molecule has 1 heterocycles. The number of ether oxygens (including phenoxy) is 1. The van der Waals surface area contributed by atoms with E-state index in [1.807, 2.05) is 38.1 Å². The Kier molecular flexibility index (Phi) is 7.32. The number of methoxy groups -OCH3 is 1. The Balaban J connectivity index is 1.71. The monoisotopic (exact) mass is 413 g/mol. The van der Waals surface area contributed by atoms with Crippen LogP contribution in [0.5, 0.6) is 5.75 Å². The Morgan fingerprint density at radius 1 is 1.17 bits per heavy atom. The van der Waals surface area contributed by atoms with Gasteiger partial charge in [0.05, 0.1) is 19.6 Å². The topological polar surface area (TPSA) is 44.8 Å². The van der Waals surface area contributed by atoms with Crippen LogP contribution < -0.4 is 15.0 Å². The molecule has 0 aliphatic carbocycles. The van der Waals surface area contributed by atoms with E-state index in [0.717, 1.165) is 60.9 Å². The zero-order valence-electron chi connectivity index (χ0n) is 18.4. The summed E-state index contributed by atoms with van der Waals surface area (Å²) >= 11 is 0. The number of likely N-dealkylation sites (N-methyl/N-ethyl adjacent to an activating group) is 1. The highest BCUT2D eigenvalue weighted by Gasteiger charge is 2.22. The first-order chi connectivity index (χ1) is 14.4. The molecule has 0 bridgehead atoms. The first-order valence-corrected chi connectivity index (χ1v) is 10.6. The number of hydrogen-bond donors (Lipinski definition) is 1. The summed E-state index contributed by atoms with van der Waals surface area (Å²) in [4.78, 5) is 17.4. The minimum absolute atomic E-state index is 0.0978. The normalized spacial score (nSPS) is 15.7. The largest absolute Gasteiger partial charge is 0.496 e. The summed E-state index contributed by atoms with van der Waals surface area (Å²) in [5.74, 6) is 0.386. The van der Waals surface area contributed by atoms with Crippen LogP contribution in [0.1, 0.15) is 36.6 Å². The lowest BCUT2D eigenvalue weighted by atomic mass is 10.0. The smallest absolute Gasteiger partial charge is 0.224 e. The molecule has 1 fully saturated rings. The quantitative estimate of drug-likeness (QED) is 0.752. The maximum Gasteiger partial charge on any atom is 0.224 e. The van der Waals surface area contributed by atoms with Gasteiger partial charge in [-0.05, 0) is 55.8 Å². The minimum Gasteiger partial charge on any atom is -0.496 e. The average Bonchev–Trinajstić information content (AvgIpc) is 2.75. The standard InChI is InChI=1S/C24H32FN3O2/c1-5-27-10-12-28(13-11-27)22-9-8-20(25)16-21(22)18(3)26-24(29)15-19-7-6-17(2)23(14-19)30-4/h6-9,14,16,18H,5,10-13,15H2,1-4H3,(H,26,29). The molecule has 1 amide bonds. The molecule has 3 rings (SSSR count). The van der Waals surface area contributed by atoms with Crippen molar-refractivity contribution in [1.29, 1.82) is 0 Å². The lowest BCUT2D eigenvalue weighted by Crippen LogP contribution is -2.46. The molecule has 1 unspecified atom stereocenters. The molecule has 0 radical (unpaired) electrons. The number of amides is 1. The molecule has 2 aromatic rings. The molecule has 1 saturated heterocycles. The highest BCUT2D eigenvalue weighted by Crippen LogP contribution is 2.28. The predicted octanol–water partition coefficient (Wildman–Crippen LogP) is 3.70. The summed E-state index contributed by atoms with van der Waals surface area (Å²) in [7, 11) is 1.63. The summed E-state index contributed by atoms with van der Waals surface area (Å²) in [6.07, 6.45) is 0.251. The van der Waals surface area contributed by atoms with Gasteiger partial charge in [0.15, 0.2) is 0 Å². The molecule has 30 heavy (non-hydrogen) atoms. The third-order valence-electron chi connectivity index (χ3n) is 5.83. The van der Waals surface area contributed by atoms with Crippen LogP contribution >= 0.6 is 0 Å². The van der Waals surface area contributed by atoms with Crippen molar-refractivity contribution in [3.8, 4) is 5.75 Å². The van der Waals surface area contributed by atoms with Crippen LogP contribution in [0.4, 0.5) is 10.1 Å². The third-order valence-corrected chi connectivity index (χ3v) is 5.83. The van der Waals surface area contributed by atoms with Crippen molar-refractivity contribution < 1.29 is 13.9 Å². The van der Waals surface area contributed by atoms with Gasteiger partial charge < -0.3 is 19.9 Å². The molecule has 5 nitrogen and oxygen atoms in total. The molecule has 1 aliphatic heterocycles. The highest BCUT2D eigenvalue weighted by atomic mass is 19.1. The maximum absolute atomic E-state index is 14.0. The first kappa shape index (κ1) is 22.1. The van der Waals surface area contributed by atoms with Gasteiger partial charge in [0.2, 0.25) is 5.91 Å². The van der Waals surface area contributed by atoms with Gasteiger partial charge in [-0.2, -0.15) is 0 Å². The van der Waals surface area contributed by atoms with Gasteiger partial charge in [-0.25, -0.2) is 4.39 Å². The third kappa shape index (κ3) is 5.30. The van der Waals surface area contributed by atoms with Crippen molar-refractivity contribution in [2.24, 2.45) is 0 Å². The number of rotatable bonds is 7. The molecule has 1 aliphatic rings. The fraction of sp³-hybridized carbons (Fsp3) is 0.458. The molecular formula is C24H32FN3O2. The van der Waals surface area contributed by atoms with E-state index in [2.05, 4.69) is 22.0 Å². The Labute approximate surface area is 178 Å². The van der Waals surface area contributed by atoms with Crippen LogP contribution in [0.15, 0.2) is 36.4 Å². The first-order valence-electron chi connectivity index (χ1n) is 10.6. The Morgan fingerprint density at radius 3 is 2.57 bits per heavy atom. The van der Waals surface area contributed by atoms with Crippen molar-refractivity contribution in [2.45, 2.75) is 33.2 Å². The number of carbonyl (C=O) groups is 1. The number of hydrogen-bond acceptors (Lipinski definition) is 4. The Bertz CT molecular complexity index is 879. The summed E-state index contributed by atoms with van der Waals surface area (Å²) in [5, 5.41) is 3.04. The fourth-order valence-corrected chi connectivity index (χ4v) is 4.00. The number of anilines is 1. The molecule has 0 saturated carbocycles. The van der Waals surface area contributed by atoms with E-state index < -0.39 is 0 Å². The molecular weight excluding hydrogens is 381 g/mol. The lowest BCUT2D eigenvalue weighted by Gasteiger charge is -2.37. The van der Waals surface area contributed by atoms with Gasteiger partial charge in [0, 0.05) is 37.4 Å². The highest BCUT2D eigenvalue weighted by molar-refractivity contribution is 5.79. The van der Waals surface area contributed by atoms with E-state index in [1.165, 1.54) is 6.07 Å². The molecule has 6 heteroatoms. The van der Waals surface area contributed by atoms with Gasteiger partial charge in [-0.15, -0.1) is 0 Å². The summed E-state index contributed by atoms with van der Waals surface area (Å²) in [6.45, 7) is 10.9. The van der Waals surface area contributed by atoms with Crippen LogP contribution in [0, 0.1) is 12.7 Å². The molecule has 0 aromatic heterocycles. The molecule has 2 aromatic carbocycles. The molecule has 1 atom stereocenters. The number of nitrogens with one attached hydrogen (secondary N) is 1. The number of benzene rings is 2. The second kappa shape index (κ2) is 9.94. The minimum atomic E-state index is -0.292. The molecule has 0 spiro atoms. The van der Waals surface area contributed by atoms with E-state index in [-0.39, 0.29) is 24.2 Å². The van der Waals surface area contributed by atoms with Crippen LogP contribution in [-0.4, -0.2) is 50.6 Å². The number of carbonyl (C=O) groups excluding carboxylic acids is 1. The zero-order valence-corrected chi connectivity index (χ0v) is 18.4. The maximum atomic E-state index is 14.0. The van der Waals surface area contributed by atoms with Gasteiger partial charge >= 0.3 is 0 Å². The summed E-state index contributed by atoms with van der Waals surface area (Å²) < 4.78 is 19.4. The number of halogens is 1. The van der Waals surface area contributed by atoms with Gasteiger partial charge in [0.25, 0.3) is 0 Å². The second-order valence-corrected chi connectivity index (χ2v) is 7.89. The SMILES string of the molecule is CCN1CCN(c2ccc(F)cc2C(C)NC(=O)Cc2ccc(C)c(OC)c2)CC1. The van der Waals surface area contributed by atoms with Crippen LogP contribution in [0.3, 0.4) is 0 Å². The van der Waals surface area contributed by atoms with Crippen molar-refractivity contribution in [2.75, 3.05) is 44.7 Å². The van der Waals surface area contributed by atoms with Gasteiger partial charge in [-0.1, -0.05) is 19.1 Å². The Hall–Kier alpha value is -2.60. The predicted molar refractivity (Wildman–Crippen MR) is 119 cm³/mol. The van der Waals surface area contributed by atoms with Crippen molar-refractivity contribution in [3.05, 3.63) is 58.9 Å². The van der Waals surface area contributed by atoms with E-state index in [1.54, 1.807) is 13.2 Å². The van der Waals surface area contributed by atoms with Gasteiger partial charge in [-0.3, -0.25) is 4.79 Å². The second-order valence-electron chi connectivity index (χ2n) is 7.89. The van der Waals surface area contributed by atoms with E-state index in [0.29, 0.717) is 0 Å². The van der Waals surface area contributed by atoms with Crippen molar-refractivity contribution in [3.63, 3.8) is 0 Å². The van der Waals surface area contributed by atoms with Crippen LogP contribution in [0.2, 0.25) is 0 Å². The van der Waals surface area contributed by atoms with E-state index >= 15 is 0 Å². The van der Waals surface area contributed by atoms with Crippen molar-refractivity contribution >= 4 is 11.6 Å². The van der Waals surface area contributed by atoms with Crippen LogP contribution in [-0.2, 0) is 11.2 Å². The fourth-order valence-electron chi connectivity index (χ4n) is 4.00. The zero-order chi connectivity index (χ0) is 21.7. The van der Waals surface area contributed by atoms with E-state index in [4.69, 9.17) is 4.74 Å². The molecule has 162 valence electrons. The molecule has 1 N–H and O–H groups in total. The van der Waals surface area contributed by atoms with Crippen LogP contribution in [0.25, 0.3) is 0 Å². The lowest BCUT2D eigenvalue weighted by molar-refractivity contribution is -0.121. The number of piperazine rings is 1. The van der Waals surface area contributed by atoms with Gasteiger partial charge in [0.1, 0.15) is 11.6 Å². The average molecular weight is 414 g/mol. The number of aryl methyl sites for hydroxylation is 1. The van der Waals surface area contributed by atoms with E-state index in [9.17, 15) is 9.18 Å².